The molecule has 2 N–H and O–H groups in total. The van der Waals surface area contributed by atoms with Gasteiger partial charge in [0.2, 0.25) is 0 Å². The van der Waals surface area contributed by atoms with Gasteiger partial charge in [-0.1, -0.05) is 23.5 Å². The van der Waals surface area contributed by atoms with Gasteiger partial charge in [0.1, 0.15) is 0 Å². The number of aliphatic hydroxyl groups is 1. The van der Waals surface area contributed by atoms with Crippen LogP contribution in [0.3, 0.4) is 0 Å². The summed E-state index contributed by atoms with van der Waals surface area (Å²) in [4.78, 5) is 6.45. The molecule has 2 aromatic rings. The van der Waals surface area contributed by atoms with E-state index >= 15 is 0 Å². The first-order valence-electron chi connectivity index (χ1n) is 5.93. The van der Waals surface area contributed by atoms with E-state index in [9.17, 15) is 5.11 Å². The van der Waals surface area contributed by atoms with Gasteiger partial charge in [0.15, 0.2) is 5.13 Å². The van der Waals surface area contributed by atoms with Crippen LogP contribution >= 0.6 is 11.3 Å². The molecule has 0 aliphatic heterocycles. The maximum absolute atomic E-state index is 10.2. The van der Waals surface area contributed by atoms with Gasteiger partial charge in [-0.15, -0.1) is 0 Å². The Morgan fingerprint density at radius 2 is 2.11 bits per heavy atom. The highest BCUT2D eigenvalue weighted by Crippen LogP contribution is 2.25. The second-order valence-electron chi connectivity index (χ2n) is 5.08. The van der Waals surface area contributed by atoms with Crippen molar-refractivity contribution in [2.75, 3.05) is 32.5 Å². The average Bonchev–Trinajstić information content (AvgIpc) is 2.67. The molecule has 4 nitrogen and oxygen atoms in total. The summed E-state index contributed by atoms with van der Waals surface area (Å²) in [5.41, 5.74) is 0.235. The van der Waals surface area contributed by atoms with E-state index in [4.69, 9.17) is 0 Å². The van der Waals surface area contributed by atoms with Crippen molar-refractivity contribution in [1.29, 1.82) is 0 Å². The molecule has 18 heavy (non-hydrogen) atoms. The third-order valence-corrected chi connectivity index (χ3v) is 3.57. The molecule has 1 unspecified atom stereocenters. The largest absolute Gasteiger partial charge is 0.387 e. The number of benzene rings is 1. The standard InChI is InChI=1S/C13H19N3OS/c1-13(17,9-16(2)3)8-14-12-15-10-6-4-5-7-11(10)18-12/h4-7,17H,8-9H2,1-3H3,(H,14,15). The van der Waals surface area contributed by atoms with Crippen LogP contribution in [0, 0.1) is 0 Å². The Bertz CT molecular complexity index is 489. The first kappa shape index (κ1) is 13.3. The molecule has 2 rings (SSSR count). The number of nitrogens with zero attached hydrogens (tertiary/aromatic N) is 2. The zero-order valence-electron chi connectivity index (χ0n) is 11.0. The van der Waals surface area contributed by atoms with Gasteiger partial charge in [-0.3, -0.25) is 0 Å². The number of aromatic nitrogens is 1. The van der Waals surface area contributed by atoms with Crippen molar-refractivity contribution in [1.82, 2.24) is 9.88 Å². The Balaban J connectivity index is 2.01. The number of para-hydroxylation sites is 1. The smallest absolute Gasteiger partial charge is 0.183 e. The van der Waals surface area contributed by atoms with Gasteiger partial charge >= 0.3 is 0 Å². The summed E-state index contributed by atoms with van der Waals surface area (Å²) < 4.78 is 1.16. The Hall–Kier alpha value is -1.17. The molecule has 0 fully saturated rings. The highest BCUT2D eigenvalue weighted by Gasteiger charge is 2.21. The number of fused-ring (bicyclic) bond motifs is 1. The van der Waals surface area contributed by atoms with Gasteiger partial charge in [0.05, 0.1) is 15.8 Å². The zero-order valence-corrected chi connectivity index (χ0v) is 11.8. The fourth-order valence-corrected chi connectivity index (χ4v) is 2.81. The van der Waals surface area contributed by atoms with Crippen molar-refractivity contribution >= 4 is 26.7 Å². The molecular weight excluding hydrogens is 246 g/mol. The lowest BCUT2D eigenvalue weighted by atomic mass is 10.1. The molecule has 98 valence electrons. The second kappa shape index (κ2) is 5.22. The molecule has 0 saturated carbocycles. The van der Waals surface area contributed by atoms with Crippen LogP contribution in [0.15, 0.2) is 24.3 Å². The zero-order chi connectivity index (χ0) is 13.2. The molecule has 0 radical (unpaired) electrons. The molecular formula is C13H19N3OS. The summed E-state index contributed by atoms with van der Waals surface area (Å²) >= 11 is 1.61. The van der Waals surface area contributed by atoms with Crippen LogP contribution in [0.1, 0.15) is 6.92 Å². The van der Waals surface area contributed by atoms with Crippen molar-refractivity contribution in [2.24, 2.45) is 0 Å². The minimum atomic E-state index is -0.763. The minimum Gasteiger partial charge on any atom is -0.387 e. The van der Waals surface area contributed by atoms with Crippen molar-refractivity contribution in [3.8, 4) is 0 Å². The highest BCUT2D eigenvalue weighted by atomic mass is 32.1. The van der Waals surface area contributed by atoms with Crippen LogP contribution in [-0.4, -0.2) is 47.8 Å². The molecule has 0 aliphatic rings. The van der Waals surface area contributed by atoms with E-state index in [1.807, 2.05) is 44.1 Å². The van der Waals surface area contributed by atoms with Crippen molar-refractivity contribution < 1.29 is 5.11 Å². The summed E-state index contributed by atoms with van der Waals surface area (Å²) in [6, 6.07) is 8.03. The number of likely N-dealkylation sites (N-methyl/N-ethyl adjacent to an activating group) is 1. The number of nitrogens with one attached hydrogen (secondary N) is 1. The SMILES string of the molecule is CN(C)CC(C)(O)CNc1nc2ccccc2s1. The topological polar surface area (TPSA) is 48.4 Å². The molecule has 0 saturated heterocycles. The Labute approximate surface area is 111 Å². The van der Waals surface area contributed by atoms with Gasteiger partial charge < -0.3 is 15.3 Å². The van der Waals surface area contributed by atoms with Gasteiger partial charge in [-0.05, 0) is 33.2 Å². The fourth-order valence-electron chi connectivity index (χ4n) is 1.95. The third kappa shape index (κ3) is 3.41. The van der Waals surface area contributed by atoms with Crippen molar-refractivity contribution in [2.45, 2.75) is 12.5 Å². The molecule has 0 bridgehead atoms. The summed E-state index contributed by atoms with van der Waals surface area (Å²) in [5, 5.41) is 14.3. The van der Waals surface area contributed by atoms with E-state index in [0.717, 1.165) is 15.3 Å². The van der Waals surface area contributed by atoms with Gasteiger partial charge in [-0.25, -0.2) is 4.98 Å². The molecule has 5 heteroatoms. The maximum atomic E-state index is 10.2. The van der Waals surface area contributed by atoms with E-state index < -0.39 is 5.60 Å². The first-order chi connectivity index (χ1) is 8.46. The molecule has 1 aromatic heterocycles. The predicted octanol–water partition coefficient (Wildman–Crippen LogP) is 2.02. The van der Waals surface area contributed by atoms with E-state index in [2.05, 4.69) is 16.4 Å². The summed E-state index contributed by atoms with van der Waals surface area (Å²) in [6.45, 7) is 2.93. The third-order valence-electron chi connectivity index (χ3n) is 2.57. The fraction of sp³-hybridized carbons (Fsp3) is 0.462. The number of anilines is 1. The number of thiazole rings is 1. The monoisotopic (exact) mass is 265 g/mol. The van der Waals surface area contributed by atoms with Crippen LogP contribution in [0.4, 0.5) is 5.13 Å². The van der Waals surface area contributed by atoms with E-state index in [1.165, 1.54) is 0 Å². The summed E-state index contributed by atoms with van der Waals surface area (Å²) in [6.07, 6.45) is 0. The molecule has 0 amide bonds. The molecule has 1 aromatic carbocycles. The van der Waals surface area contributed by atoms with Crippen LogP contribution < -0.4 is 5.32 Å². The van der Waals surface area contributed by atoms with Crippen LogP contribution in [-0.2, 0) is 0 Å². The van der Waals surface area contributed by atoms with Crippen LogP contribution in [0.5, 0.6) is 0 Å². The number of rotatable bonds is 5. The normalized spacial score (nSPS) is 14.9. The quantitative estimate of drug-likeness (QED) is 0.868. The van der Waals surface area contributed by atoms with Crippen molar-refractivity contribution in [3.05, 3.63) is 24.3 Å². The highest BCUT2D eigenvalue weighted by molar-refractivity contribution is 7.22. The average molecular weight is 265 g/mol. The summed E-state index contributed by atoms with van der Waals surface area (Å²) in [5.74, 6) is 0. The maximum Gasteiger partial charge on any atom is 0.183 e. The molecule has 0 spiro atoms. The minimum absolute atomic E-state index is 0.491. The summed E-state index contributed by atoms with van der Waals surface area (Å²) in [7, 11) is 3.90. The van der Waals surface area contributed by atoms with Gasteiger partial charge in [-0.2, -0.15) is 0 Å². The van der Waals surface area contributed by atoms with E-state index in [-0.39, 0.29) is 0 Å². The van der Waals surface area contributed by atoms with Gasteiger partial charge in [0, 0.05) is 13.1 Å². The lowest BCUT2D eigenvalue weighted by Gasteiger charge is -2.26. The number of hydrogen-bond acceptors (Lipinski definition) is 5. The van der Waals surface area contributed by atoms with Gasteiger partial charge in [0.25, 0.3) is 0 Å². The lowest BCUT2D eigenvalue weighted by Crippen LogP contribution is -2.43. The molecule has 1 heterocycles. The Morgan fingerprint density at radius 3 is 2.78 bits per heavy atom. The van der Waals surface area contributed by atoms with Crippen molar-refractivity contribution in [3.63, 3.8) is 0 Å². The Morgan fingerprint density at radius 1 is 1.39 bits per heavy atom. The van der Waals surface area contributed by atoms with E-state index in [0.29, 0.717) is 13.1 Å². The van der Waals surface area contributed by atoms with Crippen LogP contribution in [0.25, 0.3) is 10.2 Å². The molecule has 0 aliphatic carbocycles. The first-order valence-corrected chi connectivity index (χ1v) is 6.74. The van der Waals surface area contributed by atoms with Crippen LogP contribution in [0.2, 0.25) is 0 Å². The van der Waals surface area contributed by atoms with E-state index in [1.54, 1.807) is 11.3 Å². The predicted molar refractivity (Wildman–Crippen MR) is 77.3 cm³/mol. The lowest BCUT2D eigenvalue weighted by molar-refractivity contribution is 0.0460. The number of hydrogen-bond donors (Lipinski definition) is 2. The molecule has 1 atom stereocenters. The second-order valence-corrected chi connectivity index (χ2v) is 6.11. The Kier molecular flexibility index (Phi) is 3.85.